The summed E-state index contributed by atoms with van der Waals surface area (Å²) in [7, 11) is 0. The van der Waals surface area contributed by atoms with E-state index < -0.39 is 0 Å². The summed E-state index contributed by atoms with van der Waals surface area (Å²) in [4.78, 5) is 11.6. The van der Waals surface area contributed by atoms with E-state index in [1.165, 1.54) is 0 Å². The number of nitrogens with one attached hydrogen (secondary N) is 1. The summed E-state index contributed by atoms with van der Waals surface area (Å²) in [5, 5.41) is 2.88. The van der Waals surface area contributed by atoms with Crippen LogP contribution in [0.1, 0.15) is 25.3 Å². The van der Waals surface area contributed by atoms with Gasteiger partial charge in [0.25, 0.3) is 0 Å². The molecule has 0 saturated heterocycles. The van der Waals surface area contributed by atoms with Crippen molar-refractivity contribution >= 4 is 27.5 Å². The van der Waals surface area contributed by atoms with Crippen LogP contribution in [0.2, 0.25) is 0 Å². The summed E-state index contributed by atoms with van der Waals surface area (Å²) in [6.07, 6.45) is 1.17. The van der Waals surface area contributed by atoms with Gasteiger partial charge in [0.1, 0.15) is 0 Å². The van der Waals surface area contributed by atoms with Crippen LogP contribution in [0, 0.1) is 6.92 Å². The predicted molar refractivity (Wildman–Crippen MR) is 70.4 cm³/mol. The minimum Gasteiger partial charge on any atom is -0.328 e. The second-order valence-electron chi connectivity index (χ2n) is 3.98. The molecule has 1 aromatic carbocycles. The van der Waals surface area contributed by atoms with Gasteiger partial charge in [-0.05, 0) is 38.0 Å². The number of anilines is 1. The fraction of sp³-hybridized carbons (Fsp3) is 0.417. The summed E-state index contributed by atoms with van der Waals surface area (Å²) in [6, 6.07) is 5.81. The summed E-state index contributed by atoms with van der Waals surface area (Å²) >= 11 is 3.43. The van der Waals surface area contributed by atoms with Crippen LogP contribution in [0.4, 0.5) is 5.69 Å². The van der Waals surface area contributed by atoms with Gasteiger partial charge in [0.15, 0.2) is 0 Å². The van der Waals surface area contributed by atoms with Crippen molar-refractivity contribution in [3.8, 4) is 0 Å². The van der Waals surface area contributed by atoms with Crippen LogP contribution in [-0.4, -0.2) is 11.9 Å². The van der Waals surface area contributed by atoms with Gasteiger partial charge in [-0.2, -0.15) is 0 Å². The van der Waals surface area contributed by atoms with Gasteiger partial charge in [-0.1, -0.05) is 22.0 Å². The predicted octanol–water partition coefficient (Wildman–Crippen LogP) is 2.82. The number of carbonyl (C=O) groups is 1. The molecular formula is C12H17BrN2O. The Labute approximate surface area is 105 Å². The maximum atomic E-state index is 11.6. The Morgan fingerprint density at radius 3 is 2.88 bits per heavy atom. The summed E-state index contributed by atoms with van der Waals surface area (Å²) in [6.45, 7) is 3.86. The molecule has 0 aromatic heterocycles. The van der Waals surface area contributed by atoms with Gasteiger partial charge in [-0.25, -0.2) is 0 Å². The van der Waals surface area contributed by atoms with Crippen LogP contribution < -0.4 is 11.1 Å². The van der Waals surface area contributed by atoms with E-state index in [1.807, 2.05) is 32.0 Å². The van der Waals surface area contributed by atoms with Crippen molar-refractivity contribution in [3.63, 3.8) is 0 Å². The first-order valence-electron chi connectivity index (χ1n) is 5.31. The second kappa shape index (κ2) is 6.01. The highest BCUT2D eigenvalue weighted by molar-refractivity contribution is 9.10. The van der Waals surface area contributed by atoms with Crippen LogP contribution >= 0.6 is 15.9 Å². The number of hydrogen-bond donors (Lipinski definition) is 2. The molecule has 1 unspecified atom stereocenters. The molecule has 1 aromatic rings. The largest absolute Gasteiger partial charge is 0.328 e. The topological polar surface area (TPSA) is 55.1 Å². The number of carbonyl (C=O) groups excluding carboxylic acids is 1. The first-order valence-corrected chi connectivity index (χ1v) is 6.10. The van der Waals surface area contributed by atoms with Gasteiger partial charge in [0.05, 0.1) is 0 Å². The molecule has 0 radical (unpaired) electrons. The average Bonchev–Trinajstić information content (AvgIpc) is 2.22. The lowest BCUT2D eigenvalue weighted by molar-refractivity contribution is -0.116. The minimum atomic E-state index is 0.0125. The molecule has 1 amide bonds. The molecule has 0 bridgehead atoms. The molecule has 0 aliphatic rings. The zero-order valence-corrected chi connectivity index (χ0v) is 11.2. The molecule has 0 spiro atoms. The summed E-state index contributed by atoms with van der Waals surface area (Å²) < 4.78 is 0.998. The van der Waals surface area contributed by atoms with E-state index in [0.717, 1.165) is 15.7 Å². The highest BCUT2D eigenvalue weighted by Gasteiger charge is 2.07. The number of nitrogens with two attached hydrogens (primary N) is 1. The normalized spacial score (nSPS) is 12.2. The number of amides is 1. The van der Waals surface area contributed by atoms with Gasteiger partial charge >= 0.3 is 0 Å². The molecule has 3 nitrogen and oxygen atoms in total. The van der Waals surface area contributed by atoms with E-state index >= 15 is 0 Å². The van der Waals surface area contributed by atoms with Gasteiger partial charge in [-0.3, -0.25) is 4.79 Å². The Morgan fingerprint density at radius 1 is 1.56 bits per heavy atom. The van der Waals surface area contributed by atoms with E-state index in [9.17, 15) is 4.79 Å². The van der Waals surface area contributed by atoms with E-state index in [1.54, 1.807) is 0 Å². The van der Waals surface area contributed by atoms with Crippen LogP contribution in [0.3, 0.4) is 0 Å². The van der Waals surface area contributed by atoms with Crippen molar-refractivity contribution in [2.75, 3.05) is 5.32 Å². The van der Waals surface area contributed by atoms with E-state index in [0.29, 0.717) is 12.8 Å². The third kappa shape index (κ3) is 3.94. The van der Waals surface area contributed by atoms with E-state index in [4.69, 9.17) is 5.73 Å². The minimum absolute atomic E-state index is 0.0125. The first kappa shape index (κ1) is 13.2. The number of halogens is 1. The molecule has 4 heteroatoms. The Hall–Kier alpha value is -0.870. The molecule has 0 heterocycles. The van der Waals surface area contributed by atoms with Crippen LogP contribution in [-0.2, 0) is 4.79 Å². The highest BCUT2D eigenvalue weighted by atomic mass is 79.9. The van der Waals surface area contributed by atoms with Crippen LogP contribution in [0.25, 0.3) is 0 Å². The number of benzene rings is 1. The molecule has 16 heavy (non-hydrogen) atoms. The Bertz CT molecular complexity index is 377. The molecule has 3 N–H and O–H groups in total. The van der Waals surface area contributed by atoms with Crippen molar-refractivity contribution in [1.82, 2.24) is 0 Å². The maximum Gasteiger partial charge on any atom is 0.224 e. The lowest BCUT2D eigenvalue weighted by Gasteiger charge is -2.10. The Morgan fingerprint density at radius 2 is 2.25 bits per heavy atom. The number of rotatable bonds is 4. The van der Waals surface area contributed by atoms with Gasteiger partial charge < -0.3 is 11.1 Å². The third-order valence-corrected chi connectivity index (χ3v) is 3.23. The van der Waals surface area contributed by atoms with Crippen LogP contribution in [0.15, 0.2) is 22.7 Å². The molecular weight excluding hydrogens is 268 g/mol. The zero-order chi connectivity index (χ0) is 12.1. The lowest BCUT2D eigenvalue weighted by atomic mass is 10.1. The first-order chi connectivity index (χ1) is 7.50. The van der Waals surface area contributed by atoms with Gasteiger partial charge in [0.2, 0.25) is 5.91 Å². The average molecular weight is 285 g/mol. The van der Waals surface area contributed by atoms with E-state index in [2.05, 4.69) is 21.2 Å². The zero-order valence-electron chi connectivity index (χ0n) is 9.59. The van der Waals surface area contributed by atoms with Crippen molar-refractivity contribution in [3.05, 3.63) is 28.2 Å². The molecule has 1 atom stereocenters. The van der Waals surface area contributed by atoms with Crippen molar-refractivity contribution in [1.29, 1.82) is 0 Å². The maximum absolute atomic E-state index is 11.6. The fourth-order valence-corrected chi connectivity index (χ4v) is 1.68. The van der Waals surface area contributed by atoms with Gasteiger partial charge in [-0.15, -0.1) is 0 Å². The van der Waals surface area contributed by atoms with Crippen molar-refractivity contribution < 1.29 is 4.79 Å². The quantitative estimate of drug-likeness (QED) is 0.893. The SMILES string of the molecule is Cc1c(Br)cccc1NC(=O)CCC(C)N. The van der Waals surface area contributed by atoms with Gasteiger partial charge in [0, 0.05) is 22.6 Å². The monoisotopic (exact) mass is 284 g/mol. The highest BCUT2D eigenvalue weighted by Crippen LogP contribution is 2.23. The molecule has 0 aliphatic heterocycles. The second-order valence-corrected chi connectivity index (χ2v) is 4.83. The molecule has 0 fully saturated rings. The Kier molecular flexibility index (Phi) is 4.96. The van der Waals surface area contributed by atoms with Crippen molar-refractivity contribution in [2.45, 2.75) is 32.7 Å². The molecule has 0 aliphatic carbocycles. The summed E-state index contributed by atoms with van der Waals surface area (Å²) in [5.41, 5.74) is 7.49. The summed E-state index contributed by atoms with van der Waals surface area (Å²) in [5.74, 6) is 0.0125. The fourth-order valence-electron chi connectivity index (χ4n) is 1.31. The van der Waals surface area contributed by atoms with Crippen molar-refractivity contribution in [2.24, 2.45) is 5.73 Å². The number of hydrogen-bond acceptors (Lipinski definition) is 2. The van der Waals surface area contributed by atoms with E-state index in [-0.39, 0.29) is 11.9 Å². The third-order valence-electron chi connectivity index (χ3n) is 2.37. The van der Waals surface area contributed by atoms with Crippen LogP contribution in [0.5, 0.6) is 0 Å². The standard InChI is InChI=1S/C12H17BrN2O/c1-8(14)6-7-12(16)15-11-5-3-4-10(13)9(11)2/h3-5,8H,6-7,14H2,1-2H3,(H,15,16). The molecule has 1 rings (SSSR count). The lowest BCUT2D eigenvalue weighted by Crippen LogP contribution is -2.19. The Balaban J connectivity index is 2.59. The smallest absolute Gasteiger partial charge is 0.224 e. The molecule has 0 saturated carbocycles. The molecule has 88 valence electrons.